The molecular formula is C25H28FNO5. The molecule has 1 saturated heterocycles. The molecule has 1 atom stereocenters. The van der Waals surface area contributed by atoms with E-state index in [4.69, 9.17) is 9.47 Å². The van der Waals surface area contributed by atoms with Crippen molar-refractivity contribution in [2.45, 2.75) is 45.9 Å². The molecule has 6 nitrogen and oxygen atoms in total. The van der Waals surface area contributed by atoms with Crippen LogP contribution in [-0.2, 0) is 14.3 Å². The fraction of sp³-hybridized carbons (Fsp3) is 0.360. The zero-order chi connectivity index (χ0) is 23.4. The summed E-state index contributed by atoms with van der Waals surface area (Å²) < 4.78 is 24.8. The van der Waals surface area contributed by atoms with E-state index >= 15 is 0 Å². The Morgan fingerprint density at radius 1 is 1.06 bits per heavy atom. The second kappa shape index (κ2) is 9.96. The maximum Gasteiger partial charge on any atom is 0.295 e. The Morgan fingerprint density at radius 2 is 1.75 bits per heavy atom. The van der Waals surface area contributed by atoms with Gasteiger partial charge in [-0.05, 0) is 57.5 Å². The number of rotatable bonds is 8. The van der Waals surface area contributed by atoms with E-state index in [1.54, 1.807) is 24.3 Å². The lowest BCUT2D eigenvalue weighted by Crippen LogP contribution is -2.33. The van der Waals surface area contributed by atoms with Crippen LogP contribution in [0.5, 0.6) is 5.75 Å². The normalized spacial score (nSPS) is 18.1. The third kappa shape index (κ3) is 5.16. The van der Waals surface area contributed by atoms with Crippen molar-refractivity contribution in [3.8, 4) is 5.75 Å². The highest BCUT2D eigenvalue weighted by atomic mass is 19.1. The van der Waals surface area contributed by atoms with Gasteiger partial charge in [-0.1, -0.05) is 24.3 Å². The van der Waals surface area contributed by atoms with Gasteiger partial charge in [0.1, 0.15) is 17.3 Å². The molecule has 0 saturated carbocycles. The summed E-state index contributed by atoms with van der Waals surface area (Å²) >= 11 is 0. The number of likely N-dealkylation sites (tertiary alicyclic amines) is 1. The number of benzene rings is 2. The lowest BCUT2D eigenvalue weighted by atomic mass is 9.95. The number of carbonyl (C=O) groups excluding carboxylic acids is 2. The highest BCUT2D eigenvalue weighted by Crippen LogP contribution is 2.39. The minimum Gasteiger partial charge on any atom is -0.507 e. The summed E-state index contributed by atoms with van der Waals surface area (Å²) in [5.41, 5.74) is 0.825. The summed E-state index contributed by atoms with van der Waals surface area (Å²) in [6.45, 7) is 7.88. The highest BCUT2D eigenvalue weighted by Gasteiger charge is 2.45. The number of aliphatic hydroxyl groups is 1. The van der Waals surface area contributed by atoms with Gasteiger partial charge in [-0.3, -0.25) is 9.59 Å². The fourth-order valence-corrected chi connectivity index (χ4v) is 3.63. The van der Waals surface area contributed by atoms with Gasteiger partial charge < -0.3 is 19.5 Å². The van der Waals surface area contributed by atoms with Crippen LogP contribution in [0, 0.1) is 5.82 Å². The molecule has 0 bridgehead atoms. The van der Waals surface area contributed by atoms with Crippen molar-refractivity contribution < 1.29 is 28.6 Å². The van der Waals surface area contributed by atoms with Crippen LogP contribution in [0.25, 0.3) is 5.76 Å². The Morgan fingerprint density at radius 3 is 2.38 bits per heavy atom. The molecule has 1 unspecified atom stereocenters. The molecule has 0 aromatic heterocycles. The van der Waals surface area contributed by atoms with E-state index in [0.717, 1.165) is 0 Å². The number of amides is 1. The first-order valence-corrected chi connectivity index (χ1v) is 10.6. The van der Waals surface area contributed by atoms with Crippen LogP contribution < -0.4 is 4.74 Å². The van der Waals surface area contributed by atoms with Crippen molar-refractivity contribution in [1.29, 1.82) is 0 Å². The van der Waals surface area contributed by atoms with Gasteiger partial charge in [-0.15, -0.1) is 0 Å². The van der Waals surface area contributed by atoms with E-state index in [0.29, 0.717) is 16.9 Å². The smallest absolute Gasteiger partial charge is 0.295 e. The van der Waals surface area contributed by atoms with Gasteiger partial charge in [-0.25, -0.2) is 4.39 Å². The molecule has 1 amide bonds. The second-order valence-corrected chi connectivity index (χ2v) is 8.16. The zero-order valence-electron chi connectivity index (χ0n) is 18.7. The standard InChI is InChI=1S/C25H28FNO5/c1-15(2)31-13-12-27-22(17-8-10-19(26)11-9-17)21(24(29)25(27)30)23(28)18-6-5-7-20(14-18)32-16(3)4/h5-11,14-16,22,28H,12-13H2,1-4H3/b23-21-. The van der Waals surface area contributed by atoms with E-state index in [9.17, 15) is 19.1 Å². The molecule has 0 aliphatic carbocycles. The molecular weight excluding hydrogens is 413 g/mol. The Labute approximate surface area is 187 Å². The number of ketones is 1. The molecule has 0 spiro atoms. The Balaban J connectivity index is 2.07. The number of hydrogen-bond donors (Lipinski definition) is 1. The van der Waals surface area contributed by atoms with Crippen molar-refractivity contribution in [3.05, 3.63) is 71.0 Å². The predicted molar refractivity (Wildman–Crippen MR) is 119 cm³/mol. The minimum atomic E-state index is -0.860. The van der Waals surface area contributed by atoms with E-state index in [1.165, 1.54) is 29.2 Å². The summed E-state index contributed by atoms with van der Waals surface area (Å²) in [4.78, 5) is 27.2. The maximum absolute atomic E-state index is 13.5. The van der Waals surface area contributed by atoms with Crippen LogP contribution in [0.2, 0.25) is 0 Å². The third-order valence-corrected chi connectivity index (χ3v) is 4.99. The molecule has 1 aliphatic heterocycles. The van der Waals surface area contributed by atoms with Gasteiger partial charge in [0.05, 0.1) is 30.4 Å². The Hall–Kier alpha value is -3.19. The lowest BCUT2D eigenvalue weighted by Gasteiger charge is -2.25. The van der Waals surface area contributed by atoms with Crippen molar-refractivity contribution in [1.82, 2.24) is 4.90 Å². The van der Waals surface area contributed by atoms with Gasteiger partial charge in [-0.2, -0.15) is 0 Å². The molecule has 3 rings (SSSR count). The number of nitrogens with zero attached hydrogens (tertiary/aromatic N) is 1. The minimum absolute atomic E-state index is 0.0419. The lowest BCUT2D eigenvalue weighted by molar-refractivity contribution is -0.140. The second-order valence-electron chi connectivity index (χ2n) is 8.16. The van der Waals surface area contributed by atoms with Crippen LogP contribution in [-0.4, -0.2) is 47.1 Å². The van der Waals surface area contributed by atoms with Gasteiger partial charge >= 0.3 is 0 Å². The maximum atomic E-state index is 13.5. The molecule has 1 aliphatic rings. The molecule has 2 aromatic rings. The number of carbonyl (C=O) groups is 2. The topological polar surface area (TPSA) is 76.1 Å². The largest absolute Gasteiger partial charge is 0.507 e. The first kappa shape index (κ1) is 23.5. The van der Waals surface area contributed by atoms with Crippen LogP contribution in [0.3, 0.4) is 0 Å². The van der Waals surface area contributed by atoms with Gasteiger partial charge in [0.15, 0.2) is 0 Å². The number of ether oxygens (including phenoxy) is 2. The first-order chi connectivity index (χ1) is 15.2. The number of halogens is 1. The number of Topliss-reactive ketones (excluding diaryl/α,β-unsaturated/α-hetero) is 1. The molecule has 0 radical (unpaired) electrons. The average Bonchev–Trinajstić information content (AvgIpc) is 2.98. The van der Waals surface area contributed by atoms with Gasteiger partial charge in [0.2, 0.25) is 0 Å². The Bertz CT molecular complexity index is 1010. The zero-order valence-corrected chi connectivity index (χ0v) is 18.7. The first-order valence-electron chi connectivity index (χ1n) is 10.6. The van der Waals surface area contributed by atoms with Crippen molar-refractivity contribution in [3.63, 3.8) is 0 Å². The van der Waals surface area contributed by atoms with Crippen LogP contribution in [0.1, 0.15) is 44.9 Å². The van der Waals surface area contributed by atoms with Gasteiger partial charge in [0, 0.05) is 12.1 Å². The van der Waals surface area contributed by atoms with Crippen molar-refractivity contribution in [2.75, 3.05) is 13.2 Å². The number of aliphatic hydroxyl groups excluding tert-OH is 1. The molecule has 1 heterocycles. The van der Waals surface area contributed by atoms with Gasteiger partial charge in [0.25, 0.3) is 11.7 Å². The van der Waals surface area contributed by atoms with Crippen molar-refractivity contribution in [2.24, 2.45) is 0 Å². The molecule has 2 aromatic carbocycles. The van der Waals surface area contributed by atoms with Crippen LogP contribution >= 0.6 is 0 Å². The predicted octanol–water partition coefficient (Wildman–Crippen LogP) is 4.46. The summed E-state index contributed by atoms with van der Waals surface area (Å²) in [5, 5.41) is 11.1. The SMILES string of the molecule is CC(C)OCCN1C(=O)C(=O)/C(=C(\O)c2cccc(OC(C)C)c2)C1c1ccc(F)cc1. The summed E-state index contributed by atoms with van der Waals surface area (Å²) in [5.74, 6) is -1.74. The molecule has 7 heteroatoms. The van der Waals surface area contributed by atoms with Crippen LogP contribution in [0.15, 0.2) is 54.1 Å². The monoisotopic (exact) mass is 441 g/mol. The number of hydrogen-bond acceptors (Lipinski definition) is 5. The summed E-state index contributed by atoms with van der Waals surface area (Å²) in [6, 6.07) is 11.4. The van der Waals surface area contributed by atoms with E-state index in [2.05, 4.69) is 0 Å². The van der Waals surface area contributed by atoms with Crippen molar-refractivity contribution >= 4 is 17.4 Å². The van der Waals surface area contributed by atoms with E-state index < -0.39 is 23.5 Å². The quantitative estimate of drug-likeness (QED) is 0.372. The highest BCUT2D eigenvalue weighted by molar-refractivity contribution is 6.46. The van der Waals surface area contributed by atoms with E-state index in [-0.39, 0.29) is 36.7 Å². The molecule has 170 valence electrons. The third-order valence-electron chi connectivity index (χ3n) is 4.99. The molecule has 32 heavy (non-hydrogen) atoms. The summed E-state index contributed by atoms with van der Waals surface area (Å²) in [7, 11) is 0. The fourth-order valence-electron chi connectivity index (χ4n) is 3.63. The molecule has 1 N–H and O–H groups in total. The average molecular weight is 441 g/mol. The van der Waals surface area contributed by atoms with Crippen LogP contribution in [0.4, 0.5) is 4.39 Å². The Kier molecular flexibility index (Phi) is 7.30. The summed E-state index contributed by atoms with van der Waals surface area (Å²) in [6.07, 6.45) is -0.113. The molecule has 1 fully saturated rings. The van der Waals surface area contributed by atoms with E-state index in [1.807, 2.05) is 27.7 Å².